The summed E-state index contributed by atoms with van der Waals surface area (Å²) >= 11 is 0. The Morgan fingerprint density at radius 3 is 2.89 bits per heavy atom. The summed E-state index contributed by atoms with van der Waals surface area (Å²) in [4.78, 5) is 22.5. The van der Waals surface area contributed by atoms with Crippen LogP contribution in [0.15, 0.2) is 18.5 Å². The molecule has 1 atom stereocenters. The van der Waals surface area contributed by atoms with E-state index in [1.807, 2.05) is 0 Å². The van der Waals surface area contributed by atoms with Crippen LogP contribution in [-0.4, -0.2) is 32.8 Å². The fourth-order valence-electron chi connectivity index (χ4n) is 1.95. The number of aromatic nitrogens is 2. The van der Waals surface area contributed by atoms with Gasteiger partial charge in [-0.1, -0.05) is 0 Å². The van der Waals surface area contributed by atoms with Crippen LogP contribution in [0.25, 0.3) is 6.08 Å². The third-order valence-corrected chi connectivity index (χ3v) is 3.07. The molecule has 1 fully saturated rings. The molecule has 0 bridgehead atoms. The Balaban J connectivity index is 1.88. The number of aryl methyl sites for hydroxylation is 1. The number of carbonyl (C=O) groups excluding carboxylic acids is 1. The van der Waals surface area contributed by atoms with E-state index in [9.17, 15) is 9.59 Å². The monoisotopic (exact) mass is 263 g/mol. The highest BCUT2D eigenvalue weighted by atomic mass is 16.4. The minimum atomic E-state index is -0.881. The molecule has 0 saturated heterocycles. The summed E-state index contributed by atoms with van der Waals surface area (Å²) in [7, 11) is 1.80. The molecule has 0 radical (unpaired) electrons. The van der Waals surface area contributed by atoms with Crippen LogP contribution in [0.4, 0.5) is 0 Å². The van der Waals surface area contributed by atoms with Gasteiger partial charge in [0.2, 0.25) is 5.91 Å². The summed E-state index contributed by atoms with van der Waals surface area (Å²) in [6.45, 7) is 0. The van der Waals surface area contributed by atoms with Gasteiger partial charge in [-0.2, -0.15) is 5.10 Å². The Bertz CT molecular complexity index is 503. The first kappa shape index (κ1) is 13.3. The van der Waals surface area contributed by atoms with Crippen LogP contribution in [0.5, 0.6) is 0 Å². The fraction of sp³-hybridized carbons (Fsp3) is 0.462. The first-order valence-electron chi connectivity index (χ1n) is 6.23. The molecule has 6 heteroatoms. The van der Waals surface area contributed by atoms with Gasteiger partial charge in [0.05, 0.1) is 12.6 Å². The average molecular weight is 263 g/mol. The number of aliphatic carboxylic acids is 1. The number of hydrogen-bond acceptors (Lipinski definition) is 3. The Labute approximate surface area is 111 Å². The van der Waals surface area contributed by atoms with Gasteiger partial charge < -0.3 is 10.4 Å². The Hall–Kier alpha value is -2.11. The molecule has 1 heterocycles. The zero-order valence-electron chi connectivity index (χ0n) is 10.7. The minimum absolute atomic E-state index is 0.0167. The smallest absolute Gasteiger partial charge is 0.305 e. The van der Waals surface area contributed by atoms with Crippen molar-refractivity contribution in [1.82, 2.24) is 15.1 Å². The van der Waals surface area contributed by atoms with Crippen LogP contribution in [0.2, 0.25) is 0 Å². The SMILES string of the molecule is Cn1cc(/C=C/C(=O)NC(CC(=O)O)C2CC2)cn1. The molecule has 2 N–H and O–H groups in total. The van der Waals surface area contributed by atoms with Crippen LogP contribution < -0.4 is 5.32 Å². The van der Waals surface area contributed by atoms with Gasteiger partial charge in [-0.3, -0.25) is 14.3 Å². The zero-order valence-corrected chi connectivity index (χ0v) is 10.7. The maximum Gasteiger partial charge on any atom is 0.305 e. The number of nitrogens with one attached hydrogen (secondary N) is 1. The minimum Gasteiger partial charge on any atom is -0.481 e. The summed E-state index contributed by atoms with van der Waals surface area (Å²) in [5.74, 6) is -0.831. The van der Waals surface area contributed by atoms with Crippen LogP contribution >= 0.6 is 0 Å². The molecule has 6 nitrogen and oxygen atoms in total. The first-order valence-corrected chi connectivity index (χ1v) is 6.23. The van der Waals surface area contributed by atoms with Gasteiger partial charge in [-0.25, -0.2) is 0 Å². The molecule has 1 saturated carbocycles. The lowest BCUT2D eigenvalue weighted by atomic mass is 10.1. The fourth-order valence-corrected chi connectivity index (χ4v) is 1.95. The molecule has 1 aliphatic rings. The van der Waals surface area contributed by atoms with Crippen molar-refractivity contribution < 1.29 is 14.7 Å². The predicted octanol–water partition coefficient (Wildman–Crippen LogP) is 0.803. The van der Waals surface area contributed by atoms with E-state index >= 15 is 0 Å². The highest BCUT2D eigenvalue weighted by molar-refractivity contribution is 5.92. The molecule has 0 spiro atoms. The van der Waals surface area contributed by atoms with Gasteiger partial charge in [0.25, 0.3) is 0 Å². The molecule has 2 rings (SSSR count). The van der Waals surface area contributed by atoms with Crippen molar-refractivity contribution in [3.63, 3.8) is 0 Å². The molecule has 0 aliphatic heterocycles. The highest BCUT2D eigenvalue weighted by Gasteiger charge is 2.33. The third-order valence-electron chi connectivity index (χ3n) is 3.07. The lowest BCUT2D eigenvalue weighted by Gasteiger charge is -2.14. The standard InChI is InChI=1S/C13H17N3O3/c1-16-8-9(7-14-16)2-5-12(17)15-11(6-13(18)19)10-3-4-10/h2,5,7-8,10-11H,3-4,6H2,1H3,(H,15,17)(H,18,19)/b5-2+. The number of rotatable bonds is 6. The number of carboxylic acid groups (broad SMARTS) is 1. The van der Waals surface area contributed by atoms with Gasteiger partial charge in [-0.15, -0.1) is 0 Å². The van der Waals surface area contributed by atoms with Crippen molar-refractivity contribution in [2.45, 2.75) is 25.3 Å². The second-order valence-electron chi connectivity index (χ2n) is 4.83. The average Bonchev–Trinajstić information content (AvgIpc) is 3.09. The van der Waals surface area contributed by atoms with E-state index in [1.54, 1.807) is 30.2 Å². The van der Waals surface area contributed by atoms with Crippen molar-refractivity contribution in [3.05, 3.63) is 24.0 Å². The van der Waals surface area contributed by atoms with Gasteiger partial charge >= 0.3 is 5.97 Å². The molecule has 1 aliphatic carbocycles. The van der Waals surface area contributed by atoms with Crippen molar-refractivity contribution in [2.75, 3.05) is 0 Å². The van der Waals surface area contributed by atoms with E-state index in [1.165, 1.54) is 6.08 Å². The number of nitrogens with zero attached hydrogens (tertiary/aromatic N) is 2. The van der Waals surface area contributed by atoms with Crippen LogP contribution in [0.3, 0.4) is 0 Å². The Kier molecular flexibility index (Phi) is 3.99. The van der Waals surface area contributed by atoms with Crippen molar-refractivity contribution in [1.29, 1.82) is 0 Å². The van der Waals surface area contributed by atoms with E-state index in [0.29, 0.717) is 5.92 Å². The summed E-state index contributed by atoms with van der Waals surface area (Å²) in [6.07, 6.45) is 8.48. The predicted molar refractivity (Wildman–Crippen MR) is 69.1 cm³/mol. The Morgan fingerprint density at radius 1 is 1.63 bits per heavy atom. The number of carbonyl (C=O) groups is 2. The quantitative estimate of drug-likeness (QED) is 0.744. The summed E-state index contributed by atoms with van der Waals surface area (Å²) in [5, 5.41) is 15.5. The van der Waals surface area contributed by atoms with E-state index in [0.717, 1.165) is 18.4 Å². The number of hydrogen-bond donors (Lipinski definition) is 2. The van der Waals surface area contributed by atoms with E-state index in [2.05, 4.69) is 10.4 Å². The van der Waals surface area contributed by atoms with Gasteiger partial charge in [0.15, 0.2) is 0 Å². The highest BCUT2D eigenvalue weighted by Crippen LogP contribution is 2.34. The lowest BCUT2D eigenvalue weighted by Crippen LogP contribution is -2.37. The van der Waals surface area contributed by atoms with E-state index in [4.69, 9.17) is 5.11 Å². The maximum absolute atomic E-state index is 11.7. The van der Waals surface area contributed by atoms with Crippen LogP contribution in [0, 0.1) is 5.92 Å². The molecule has 19 heavy (non-hydrogen) atoms. The summed E-state index contributed by atoms with van der Waals surface area (Å²) in [5.41, 5.74) is 0.832. The van der Waals surface area contributed by atoms with E-state index < -0.39 is 5.97 Å². The molecule has 102 valence electrons. The van der Waals surface area contributed by atoms with Gasteiger partial charge in [0, 0.05) is 30.9 Å². The normalized spacial score (nSPS) is 16.5. The largest absolute Gasteiger partial charge is 0.481 e. The van der Waals surface area contributed by atoms with Gasteiger partial charge in [0.1, 0.15) is 0 Å². The molecule has 1 unspecified atom stereocenters. The molecule has 0 aromatic carbocycles. The summed E-state index contributed by atoms with van der Waals surface area (Å²) in [6, 6.07) is -0.261. The molecular weight excluding hydrogens is 246 g/mol. The van der Waals surface area contributed by atoms with Gasteiger partial charge in [-0.05, 0) is 24.8 Å². The number of carboxylic acids is 1. The Morgan fingerprint density at radius 2 is 2.37 bits per heavy atom. The molecule has 1 aromatic heterocycles. The van der Waals surface area contributed by atoms with Crippen LogP contribution in [0.1, 0.15) is 24.8 Å². The summed E-state index contributed by atoms with van der Waals surface area (Å²) < 4.78 is 1.65. The van der Waals surface area contributed by atoms with E-state index in [-0.39, 0.29) is 18.4 Å². The first-order chi connectivity index (χ1) is 9.04. The topological polar surface area (TPSA) is 84.2 Å². The molecule has 1 amide bonds. The van der Waals surface area contributed by atoms with Crippen molar-refractivity contribution in [3.8, 4) is 0 Å². The van der Waals surface area contributed by atoms with Crippen molar-refractivity contribution in [2.24, 2.45) is 13.0 Å². The zero-order chi connectivity index (χ0) is 13.8. The lowest BCUT2D eigenvalue weighted by molar-refractivity contribution is -0.137. The second-order valence-corrected chi connectivity index (χ2v) is 4.83. The second kappa shape index (κ2) is 5.69. The molecular formula is C13H17N3O3. The molecule has 1 aromatic rings. The maximum atomic E-state index is 11.7. The van der Waals surface area contributed by atoms with Crippen LogP contribution in [-0.2, 0) is 16.6 Å². The number of amides is 1. The van der Waals surface area contributed by atoms with Crippen molar-refractivity contribution >= 4 is 18.0 Å². The third kappa shape index (κ3) is 4.24.